The third-order valence-electron chi connectivity index (χ3n) is 4.04. The van der Waals surface area contributed by atoms with Crippen molar-refractivity contribution in [2.45, 2.75) is 25.9 Å². The Morgan fingerprint density at radius 2 is 2.04 bits per heavy atom. The van der Waals surface area contributed by atoms with Crippen LogP contribution in [0.15, 0.2) is 30.6 Å². The van der Waals surface area contributed by atoms with Crippen molar-refractivity contribution in [2.75, 3.05) is 19.0 Å². The van der Waals surface area contributed by atoms with Gasteiger partial charge in [0.15, 0.2) is 0 Å². The molecule has 6 nitrogen and oxygen atoms in total. The van der Waals surface area contributed by atoms with Crippen LogP contribution in [0.2, 0.25) is 5.15 Å². The molecule has 0 spiro atoms. The average molecular weight is 347 g/mol. The monoisotopic (exact) mass is 346 g/mol. The van der Waals surface area contributed by atoms with Crippen LogP contribution in [0.4, 0.5) is 5.82 Å². The number of carbonyl (C=O) groups excluding carboxylic acids is 1. The highest BCUT2D eigenvalue weighted by atomic mass is 35.5. The summed E-state index contributed by atoms with van der Waals surface area (Å²) in [5.41, 5.74) is 1.29. The SMILES string of the molecule is CCCCN1C(=O)c2c(Cl)ncnc2NC1c1ccc(OC)cc1. The van der Waals surface area contributed by atoms with Crippen LogP contribution in [0.25, 0.3) is 0 Å². The summed E-state index contributed by atoms with van der Waals surface area (Å²) in [7, 11) is 1.63. The van der Waals surface area contributed by atoms with Gasteiger partial charge >= 0.3 is 0 Å². The normalized spacial score (nSPS) is 16.5. The van der Waals surface area contributed by atoms with Crippen molar-refractivity contribution in [3.05, 3.63) is 46.9 Å². The number of aromatic nitrogens is 2. The molecule has 0 bridgehead atoms. The number of methoxy groups -OCH3 is 1. The Labute approximate surface area is 145 Å². The van der Waals surface area contributed by atoms with Crippen LogP contribution in [0.5, 0.6) is 5.75 Å². The van der Waals surface area contributed by atoms with Crippen molar-refractivity contribution in [1.82, 2.24) is 14.9 Å². The maximum atomic E-state index is 12.9. The number of nitrogens with zero attached hydrogens (tertiary/aromatic N) is 3. The molecular formula is C17H19ClN4O2. The summed E-state index contributed by atoms with van der Waals surface area (Å²) in [5.74, 6) is 1.09. The van der Waals surface area contributed by atoms with Crippen molar-refractivity contribution in [2.24, 2.45) is 0 Å². The van der Waals surface area contributed by atoms with E-state index in [1.165, 1.54) is 6.33 Å². The van der Waals surface area contributed by atoms with Crippen LogP contribution in [0, 0.1) is 0 Å². The number of carbonyl (C=O) groups is 1. The molecule has 1 N–H and O–H groups in total. The third kappa shape index (κ3) is 3.01. The maximum Gasteiger partial charge on any atom is 0.262 e. The molecule has 1 aromatic heterocycles. The van der Waals surface area contributed by atoms with Gasteiger partial charge in [0.1, 0.15) is 34.8 Å². The standard InChI is InChI=1S/C17H19ClN4O2/c1-3-4-9-22-16(11-5-7-12(24-2)8-6-11)21-15-13(17(22)23)14(18)19-10-20-15/h5-8,10,16H,3-4,9H2,1-2H3,(H,19,20,21). The number of amides is 1. The number of hydrogen-bond donors (Lipinski definition) is 1. The second-order valence-electron chi connectivity index (χ2n) is 5.56. The van der Waals surface area contributed by atoms with E-state index in [-0.39, 0.29) is 17.2 Å². The number of halogens is 1. The summed E-state index contributed by atoms with van der Waals surface area (Å²) in [6, 6.07) is 7.64. The Kier molecular flexibility index (Phi) is 4.85. The first-order valence-corrected chi connectivity index (χ1v) is 8.25. The van der Waals surface area contributed by atoms with Crippen molar-refractivity contribution < 1.29 is 9.53 Å². The Hall–Kier alpha value is -2.34. The van der Waals surface area contributed by atoms with E-state index in [0.29, 0.717) is 17.9 Å². The van der Waals surface area contributed by atoms with Gasteiger partial charge in [-0.25, -0.2) is 9.97 Å². The molecule has 1 aromatic carbocycles. The predicted octanol–water partition coefficient (Wildman–Crippen LogP) is 3.51. The molecule has 3 rings (SSSR count). The molecule has 1 aliphatic heterocycles. The van der Waals surface area contributed by atoms with Gasteiger partial charge in [-0.15, -0.1) is 0 Å². The van der Waals surface area contributed by atoms with Crippen LogP contribution in [0.1, 0.15) is 41.9 Å². The number of ether oxygens (including phenoxy) is 1. The van der Waals surface area contributed by atoms with Crippen LogP contribution in [-0.4, -0.2) is 34.4 Å². The van der Waals surface area contributed by atoms with Gasteiger partial charge in [-0.3, -0.25) is 4.79 Å². The number of benzene rings is 1. The molecule has 24 heavy (non-hydrogen) atoms. The molecule has 1 amide bonds. The van der Waals surface area contributed by atoms with E-state index in [1.54, 1.807) is 12.0 Å². The van der Waals surface area contributed by atoms with Crippen LogP contribution in [0.3, 0.4) is 0 Å². The molecule has 0 fully saturated rings. The largest absolute Gasteiger partial charge is 0.497 e. The number of fused-ring (bicyclic) bond motifs is 1. The van der Waals surface area contributed by atoms with E-state index >= 15 is 0 Å². The number of hydrogen-bond acceptors (Lipinski definition) is 5. The van der Waals surface area contributed by atoms with Crippen LogP contribution in [-0.2, 0) is 0 Å². The van der Waals surface area contributed by atoms with E-state index in [2.05, 4.69) is 22.2 Å². The molecule has 0 saturated heterocycles. The molecule has 0 radical (unpaired) electrons. The van der Waals surface area contributed by atoms with Gasteiger partial charge in [0.2, 0.25) is 0 Å². The molecule has 126 valence electrons. The Morgan fingerprint density at radius 1 is 1.29 bits per heavy atom. The lowest BCUT2D eigenvalue weighted by Crippen LogP contribution is -2.44. The minimum Gasteiger partial charge on any atom is -0.497 e. The summed E-state index contributed by atoms with van der Waals surface area (Å²) in [6.45, 7) is 2.72. The molecule has 1 atom stereocenters. The Balaban J connectivity index is 2.00. The van der Waals surface area contributed by atoms with Crippen LogP contribution < -0.4 is 10.1 Å². The van der Waals surface area contributed by atoms with Crippen molar-refractivity contribution in [3.8, 4) is 5.75 Å². The Morgan fingerprint density at radius 3 is 2.71 bits per heavy atom. The van der Waals surface area contributed by atoms with Gasteiger partial charge < -0.3 is 15.0 Å². The summed E-state index contributed by atoms with van der Waals surface area (Å²) < 4.78 is 5.20. The highest BCUT2D eigenvalue weighted by Crippen LogP contribution is 2.34. The highest BCUT2D eigenvalue weighted by Gasteiger charge is 2.35. The topological polar surface area (TPSA) is 67.4 Å². The fourth-order valence-electron chi connectivity index (χ4n) is 2.74. The van der Waals surface area contributed by atoms with E-state index in [0.717, 1.165) is 24.2 Å². The first-order chi connectivity index (χ1) is 11.7. The summed E-state index contributed by atoms with van der Waals surface area (Å²) in [4.78, 5) is 22.8. The number of unbranched alkanes of at least 4 members (excludes halogenated alkanes) is 1. The second kappa shape index (κ2) is 7.05. The average Bonchev–Trinajstić information content (AvgIpc) is 2.61. The molecule has 7 heteroatoms. The molecule has 0 aliphatic carbocycles. The number of nitrogens with one attached hydrogen (secondary N) is 1. The first-order valence-electron chi connectivity index (χ1n) is 7.87. The predicted molar refractivity (Wildman–Crippen MR) is 92.3 cm³/mol. The molecule has 1 aliphatic rings. The molecule has 1 unspecified atom stereocenters. The number of rotatable bonds is 5. The van der Waals surface area contributed by atoms with Crippen molar-refractivity contribution >= 4 is 23.3 Å². The quantitative estimate of drug-likeness (QED) is 0.839. The molecule has 0 saturated carbocycles. The van der Waals surface area contributed by atoms with E-state index in [9.17, 15) is 4.79 Å². The molecule has 2 heterocycles. The zero-order valence-corrected chi connectivity index (χ0v) is 14.4. The van der Waals surface area contributed by atoms with Crippen molar-refractivity contribution in [1.29, 1.82) is 0 Å². The zero-order valence-electron chi connectivity index (χ0n) is 13.6. The lowest BCUT2D eigenvalue weighted by atomic mass is 10.1. The fourth-order valence-corrected chi connectivity index (χ4v) is 2.95. The third-order valence-corrected chi connectivity index (χ3v) is 4.33. The van der Waals surface area contributed by atoms with Gasteiger partial charge in [-0.2, -0.15) is 0 Å². The zero-order chi connectivity index (χ0) is 17.1. The lowest BCUT2D eigenvalue weighted by Gasteiger charge is -2.37. The van der Waals surface area contributed by atoms with E-state index < -0.39 is 0 Å². The lowest BCUT2D eigenvalue weighted by molar-refractivity contribution is 0.0678. The van der Waals surface area contributed by atoms with Crippen LogP contribution >= 0.6 is 11.6 Å². The van der Waals surface area contributed by atoms with E-state index in [4.69, 9.17) is 16.3 Å². The van der Waals surface area contributed by atoms with Crippen molar-refractivity contribution in [3.63, 3.8) is 0 Å². The summed E-state index contributed by atoms with van der Waals surface area (Å²) in [5, 5.41) is 3.48. The van der Waals surface area contributed by atoms with Gasteiger partial charge in [0.05, 0.1) is 7.11 Å². The molecular weight excluding hydrogens is 328 g/mol. The van der Waals surface area contributed by atoms with Gasteiger partial charge in [-0.05, 0) is 24.1 Å². The van der Waals surface area contributed by atoms with E-state index in [1.807, 2.05) is 24.3 Å². The minimum atomic E-state index is -0.298. The highest BCUT2D eigenvalue weighted by molar-refractivity contribution is 6.33. The molecule has 2 aromatic rings. The number of anilines is 1. The Bertz CT molecular complexity index is 736. The summed E-state index contributed by atoms with van der Waals surface area (Å²) in [6.07, 6.45) is 2.95. The van der Waals surface area contributed by atoms with Gasteiger partial charge in [0.25, 0.3) is 5.91 Å². The second-order valence-corrected chi connectivity index (χ2v) is 5.92. The van der Waals surface area contributed by atoms with Gasteiger partial charge in [0, 0.05) is 6.54 Å². The maximum absolute atomic E-state index is 12.9. The fraction of sp³-hybridized carbons (Fsp3) is 0.353. The first kappa shape index (κ1) is 16.5. The van der Waals surface area contributed by atoms with Gasteiger partial charge in [-0.1, -0.05) is 37.1 Å². The smallest absolute Gasteiger partial charge is 0.262 e. The summed E-state index contributed by atoms with van der Waals surface area (Å²) >= 11 is 6.11. The minimum absolute atomic E-state index is 0.149.